The molecule has 9 heteroatoms. The van der Waals surface area contributed by atoms with Crippen LogP contribution in [0.2, 0.25) is 0 Å². The highest BCUT2D eigenvalue weighted by Crippen LogP contribution is 2.41. The molecule has 0 aromatic heterocycles. The van der Waals surface area contributed by atoms with E-state index in [1.54, 1.807) is 0 Å². The lowest BCUT2D eigenvalue weighted by atomic mass is 9.74. The minimum absolute atomic E-state index is 0.0199. The normalized spacial score (nSPS) is 18.9. The molecule has 0 saturated carbocycles. The van der Waals surface area contributed by atoms with Crippen LogP contribution < -0.4 is 14.0 Å². The van der Waals surface area contributed by atoms with Crippen molar-refractivity contribution in [1.29, 1.82) is 0 Å². The number of hydrogen-bond donors (Lipinski definition) is 1. The molecule has 0 bridgehead atoms. The quantitative estimate of drug-likeness (QED) is 0.667. The highest BCUT2D eigenvalue weighted by Gasteiger charge is 2.37. The maximum atomic E-state index is 12.8. The van der Waals surface area contributed by atoms with Crippen molar-refractivity contribution in [2.75, 3.05) is 27.2 Å². The van der Waals surface area contributed by atoms with Gasteiger partial charge in [-0.3, -0.25) is 9.80 Å². The van der Waals surface area contributed by atoms with Crippen molar-refractivity contribution in [3.63, 3.8) is 0 Å². The molecule has 8 nitrogen and oxygen atoms in total. The Morgan fingerprint density at radius 2 is 1.76 bits per heavy atom. The zero-order chi connectivity index (χ0) is 21.8. The molecular formula is C20H28ClN3O5. The van der Waals surface area contributed by atoms with E-state index >= 15 is 0 Å². The van der Waals surface area contributed by atoms with Crippen LogP contribution >= 0.6 is 0 Å². The Morgan fingerprint density at radius 1 is 1.17 bits per heavy atom. The largest absolute Gasteiger partial charge is 0.308 e. The third kappa shape index (κ3) is 7.50. The third-order valence-electron chi connectivity index (χ3n) is 4.73. The van der Waals surface area contributed by atoms with Gasteiger partial charge in [0.1, 0.15) is 0 Å². The maximum absolute atomic E-state index is 12.8. The number of rotatable bonds is 4. The number of hydrogen-bond acceptors (Lipinski definition) is 8. The third-order valence-corrected chi connectivity index (χ3v) is 4.73. The number of Topliss-reactive ketones (excluding diaryl/α,β-unsaturated/α-hetero) is 1. The molecule has 0 atom stereocenters. The minimum Gasteiger partial charge on any atom is -0.308 e. The van der Waals surface area contributed by atoms with Gasteiger partial charge in [-0.2, -0.15) is 19.1 Å². The molecule has 0 fully saturated rings. The van der Waals surface area contributed by atoms with Crippen LogP contribution in [0.1, 0.15) is 38.7 Å². The number of nitrogens with zero attached hydrogens (tertiary/aromatic N) is 3. The van der Waals surface area contributed by atoms with E-state index < -0.39 is 10.2 Å². The lowest BCUT2D eigenvalue weighted by molar-refractivity contribution is -1.92. The van der Waals surface area contributed by atoms with Gasteiger partial charge in [-0.25, -0.2) is 0 Å². The van der Waals surface area contributed by atoms with E-state index in [-0.39, 0.29) is 5.41 Å². The van der Waals surface area contributed by atoms with Crippen molar-refractivity contribution < 1.29 is 33.7 Å². The summed E-state index contributed by atoms with van der Waals surface area (Å²) in [6.07, 6.45) is 2.22. The van der Waals surface area contributed by atoms with Gasteiger partial charge < -0.3 is 4.90 Å². The highest BCUT2D eigenvalue weighted by molar-refractivity contribution is 6.09. The zero-order valence-electron chi connectivity index (χ0n) is 17.2. The van der Waals surface area contributed by atoms with E-state index in [0.717, 1.165) is 42.1 Å². The number of likely N-dealkylation sites (N-methyl/N-ethyl adjacent to an activating group) is 1. The molecule has 1 aliphatic carbocycles. The zero-order valence-corrected chi connectivity index (χ0v) is 18.0. The number of halogens is 1. The Bertz CT molecular complexity index is 779. The molecule has 0 spiro atoms. The first-order valence-electron chi connectivity index (χ1n) is 9.29. The van der Waals surface area contributed by atoms with Gasteiger partial charge in [-0.05, 0) is 31.5 Å². The molecule has 0 radical (unpaired) electrons. The summed E-state index contributed by atoms with van der Waals surface area (Å²) in [6, 6.07) is 10.2. The van der Waals surface area contributed by atoms with E-state index in [1.807, 2.05) is 18.2 Å². The van der Waals surface area contributed by atoms with Crippen LogP contribution in [0.5, 0.6) is 0 Å². The maximum Gasteiger partial charge on any atom is 0.161 e. The fourth-order valence-electron chi connectivity index (χ4n) is 3.45. The summed E-state index contributed by atoms with van der Waals surface area (Å²) in [6.45, 7) is 6.08. The standard InChI is InChI=1S/C20H27N3O.ClHO4/c1-20(2)13-18-16(19(24)14-20)12-17(15-8-6-5-7-9-15)21-23(18)11-10-22(3)4;2-1(3,4)5/h5-9H,10-14H2,1-4H3;(H,2,3,4,5). The fraction of sp³-hybridized carbons (Fsp3) is 0.500. The average molecular weight is 426 g/mol. The van der Waals surface area contributed by atoms with Crippen molar-refractivity contribution in [1.82, 2.24) is 9.91 Å². The van der Waals surface area contributed by atoms with Crippen molar-refractivity contribution >= 4 is 11.5 Å². The van der Waals surface area contributed by atoms with Gasteiger partial charge in [-0.15, -0.1) is 0 Å². The van der Waals surface area contributed by atoms with Crippen LogP contribution in [-0.4, -0.2) is 53.2 Å². The second kappa shape index (κ2) is 9.34. The Morgan fingerprint density at radius 3 is 2.31 bits per heavy atom. The molecule has 0 amide bonds. The van der Waals surface area contributed by atoms with E-state index in [2.05, 4.69) is 50.0 Å². The van der Waals surface area contributed by atoms with Crippen LogP contribution in [0.15, 0.2) is 46.7 Å². The molecule has 1 heterocycles. The molecular weight excluding hydrogens is 398 g/mol. The van der Waals surface area contributed by atoms with Crippen LogP contribution in [0, 0.1) is 15.7 Å². The highest BCUT2D eigenvalue weighted by atomic mass is 35.7. The van der Waals surface area contributed by atoms with Gasteiger partial charge in [0, 0.05) is 30.7 Å². The first-order chi connectivity index (χ1) is 13.4. The number of carbonyl (C=O) groups excluding carboxylic acids is 1. The molecule has 0 saturated heterocycles. The van der Waals surface area contributed by atoms with E-state index in [4.69, 9.17) is 23.7 Å². The van der Waals surface area contributed by atoms with Gasteiger partial charge in [0.05, 0.1) is 27.2 Å². The van der Waals surface area contributed by atoms with Crippen molar-refractivity contribution in [3.8, 4) is 0 Å². The monoisotopic (exact) mass is 425 g/mol. The number of hydrazone groups is 1. The Balaban J connectivity index is 0.000000537. The Labute approximate surface area is 173 Å². The van der Waals surface area contributed by atoms with Gasteiger partial charge in [0.2, 0.25) is 0 Å². The first kappa shape index (κ1) is 23.5. The molecule has 160 valence electrons. The lowest BCUT2D eigenvalue weighted by Crippen LogP contribution is -2.58. The second-order valence-electron chi connectivity index (χ2n) is 8.28. The minimum atomic E-state index is -4.69. The molecule has 1 aromatic carbocycles. The Hall–Kier alpha value is -1.81. The van der Waals surface area contributed by atoms with Gasteiger partial charge in [0.25, 0.3) is 0 Å². The number of allylic oxidation sites excluding steroid dienone is 2. The first-order valence-corrected chi connectivity index (χ1v) is 10.6. The predicted octanol–water partition coefficient (Wildman–Crippen LogP) is -0.823. The summed E-state index contributed by atoms with van der Waals surface area (Å²) < 4.78 is 32.7. The topological polar surface area (TPSA) is 125 Å². The molecule has 1 aromatic rings. The number of ketones is 1. The van der Waals surface area contributed by atoms with Gasteiger partial charge in [-0.1, -0.05) is 44.2 Å². The molecule has 2 aliphatic rings. The molecule has 3 rings (SSSR count). The average Bonchev–Trinajstić information content (AvgIpc) is 2.58. The van der Waals surface area contributed by atoms with Gasteiger partial charge in [0.15, 0.2) is 5.78 Å². The predicted molar refractivity (Wildman–Crippen MR) is 100 cm³/mol. The fourth-order valence-corrected chi connectivity index (χ4v) is 3.45. The molecule has 1 aliphatic heterocycles. The summed E-state index contributed by atoms with van der Waals surface area (Å²) in [5.41, 5.74) is 4.24. The van der Waals surface area contributed by atoms with Crippen molar-refractivity contribution in [2.24, 2.45) is 10.5 Å². The van der Waals surface area contributed by atoms with Crippen molar-refractivity contribution in [2.45, 2.75) is 33.1 Å². The summed E-state index contributed by atoms with van der Waals surface area (Å²) in [5, 5.41) is 7.00. The summed E-state index contributed by atoms with van der Waals surface area (Å²) >= 11 is 0. The molecule has 29 heavy (non-hydrogen) atoms. The number of benzene rings is 1. The van der Waals surface area contributed by atoms with Crippen molar-refractivity contribution in [3.05, 3.63) is 47.2 Å². The summed E-state index contributed by atoms with van der Waals surface area (Å²) in [4.78, 5) is 14.9. The molecule has 0 unspecified atom stereocenters. The van der Waals surface area contributed by atoms with Crippen LogP contribution in [-0.2, 0) is 4.79 Å². The second-order valence-corrected chi connectivity index (χ2v) is 9.07. The SMILES string of the molecule is CN(C)CCN1N=C(c2ccccc2)CC2=C1CC(C)(C)CC2=O.[O-][Cl+3]([O-])([O-])O. The number of carbonyl (C=O) groups is 1. The lowest BCUT2D eigenvalue weighted by Gasteiger charge is -2.39. The summed E-state index contributed by atoms with van der Waals surface area (Å²) in [5.74, 6) is 0.291. The summed E-state index contributed by atoms with van der Waals surface area (Å²) in [7, 11) is -0.561. The van der Waals surface area contributed by atoms with E-state index in [9.17, 15) is 4.79 Å². The molecule has 1 N–H and O–H groups in total. The van der Waals surface area contributed by atoms with Gasteiger partial charge >= 0.3 is 0 Å². The smallest absolute Gasteiger partial charge is 0.161 e. The van der Waals surface area contributed by atoms with E-state index in [1.165, 1.54) is 0 Å². The van der Waals surface area contributed by atoms with E-state index in [0.29, 0.717) is 18.6 Å². The van der Waals surface area contributed by atoms with Crippen LogP contribution in [0.25, 0.3) is 0 Å². The van der Waals surface area contributed by atoms with Crippen LogP contribution in [0.4, 0.5) is 0 Å². The Kier molecular flexibility index (Phi) is 7.56. The van der Waals surface area contributed by atoms with Crippen LogP contribution in [0.3, 0.4) is 0 Å².